The molecule has 16 heavy (non-hydrogen) atoms. The van der Waals surface area contributed by atoms with Gasteiger partial charge in [0.05, 0.1) is 18.9 Å². The number of nitrogens with one attached hydrogen (secondary N) is 1. The van der Waals surface area contributed by atoms with E-state index in [9.17, 15) is 4.39 Å². The van der Waals surface area contributed by atoms with Gasteiger partial charge in [-0.15, -0.1) is 0 Å². The van der Waals surface area contributed by atoms with E-state index in [0.29, 0.717) is 19.7 Å². The summed E-state index contributed by atoms with van der Waals surface area (Å²) in [7, 11) is 3.26. The molecule has 0 saturated heterocycles. The smallest absolute Gasteiger partial charge is 0.141 e. The summed E-state index contributed by atoms with van der Waals surface area (Å²) in [6.07, 6.45) is 2.83. The van der Waals surface area contributed by atoms with Crippen molar-refractivity contribution in [3.8, 4) is 0 Å². The van der Waals surface area contributed by atoms with E-state index >= 15 is 0 Å². The van der Waals surface area contributed by atoms with Crippen LogP contribution in [0.2, 0.25) is 0 Å². The summed E-state index contributed by atoms with van der Waals surface area (Å²) in [6, 6.07) is 1.46. The van der Waals surface area contributed by atoms with E-state index in [1.165, 1.54) is 12.3 Å². The van der Waals surface area contributed by atoms with Crippen molar-refractivity contribution in [1.29, 1.82) is 0 Å². The van der Waals surface area contributed by atoms with Crippen LogP contribution in [0.5, 0.6) is 0 Å². The van der Waals surface area contributed by atoms with Crippen LogP contribution >= 0.6 is 0 Å². The average Bonchev–Trinajstić information content (AvgIpc) is 2.28. The second-order valence-electron chi connectivity index (χ2n) is 3.46. The van der Waals surface area contributed by atoms with Crippen LogP contribution in [-0.2, 0) is 16.0 Å². The van der Waals surface area contributed by atoms with Gasteiger partial charge in [-0.1, -0.05) is 0 Å². The van der Waals surface area contributed by atoms with Gasteiger partial charge in [0, 0.05) is 33.5 Å². The van der Waals surface area contributed by atoms with Gasteiger partial charge in [0.15, 0.2) is 0 Å². The van der Waals surface area contributed by atoms with Crippen molar-refractivity contribution in [2.75, 3.05) is 27.4 Å². The summed E-state index contributed by atoms with van der Waals surface area (Å²) in [4.78, 5) is 3.77. The van der Waals surface area contributed by atoms with E-state index in [1.807, 2.05) is 0 Å². The molecular weight excluding hydrogens is 211 g/mol. The van der Waals surface area contributed by atoms with Gasteiger partial charge in [0.2, 0.25) is 0 Å². The fourth-order valence-electron chi connectivity index (χ4n) is 1.33. The quantitative estimate of drug-likeness (QED) is 0.755. The molecule has 0 radical (unpaired) electrons. The van der Waals surface area contributed by atoms with Crippen LogP contribution in [-0.4, -0.2) is 38.5 Å². The van der Waals surface area contributed by atoms with Crippen LogP contribution in [0, 0.1) is 5.82 Å². The third kappa shape index (κ3) is 4.65. The molecule has 0 aliphatic carbocycles. The van der Waals surface area contributed by atoms with E-state index < -0.39 is 0 Å². The van der Waals surface area contributed by atoms with Crippen LogP contribution in [0.15, 0.2) is 18.5 Å². The zero-order valence-corrected chi connectivity index (χ0v) is 9.57. The largest absolute Gasteiger partial charge is 0.382 e. The lowest BCUT2D eigenvalue weighted by Gasteiger charge is -2.14. The Hall–Kier alpha value is -1.04. The molecule has 4 nitrogen and oxygen atoms in total. The molecule has 1 heterocycles. The lowest BCUT2D eigenvalue weighted by atomic mass is 10.2. The topological polar surface area (TPSA) is 43.4 Å². The van der Waals surface area contributed by atoms with Crippen LogP contribution in [0.4, 0.5) is 4.39 Å². The van der Waals surface area contributed by atoms with E-state index in [-0.39, 0.29) is 11.9 Å². The van der Waals surface area contributed by atoms with Gasteiger partial charge in [0.25, 0.3) is 0 Å². The van der Waals surface area contributed by atoms with Crippen molar-refractivity contribution in [2.24, 2.45) is 0 Å². The van der Waals surface area contributed by atoms with E-state index in [2.05, 4.69) is 10.3 Å². The molecule has 90 valence electrons. The molecule has 0 saturated carbocycles. The number of rotatable bonds is 7. The van der Waals surface area contributed by atoms with Crippen LogP contribution in [0.25, 0.3) is 0 Å². The van der Waals surface area contributed by atoms with E-state index in [0.717, 1.165) is 5.56 Å². The van der Waals surface area contributed by atoms with E-state index in [4.69, 9.17) is 9.47 Å². The Kier molecular flexibility index (Phi) is 5.92. The fraction of sp³-hybridized carbons (Fsp3) is 0.545. The van der Waals surface area contributed by atoms with Gasteiger partial charge < -0.3 is 14.8 Å². The van der Waals surface area contributed by atoms with Crippen molar-refractivity contribution in [2.45, 2.75) is 12.6 Å². The zero-order chi connectivity index (χ0) is 11.8. The molecule has 1 N–H and O–H groups in total. The van der Waals surface area contributed by atoms with Crippen molar-refractivity contribution < 1.29 is 13.9 Å². The summed E-state index contributed by atoms with van der Waals surface area (Å²) >= 11 is 0. The summed E-state index contributed by atoms with van der Waals surface area (Å²) in [5, 5.41) is 3.15. The van der Waals surface area contributed by atoms with Crippen molar-refractivity contribution >= 4 is 0 Å². The molecule has 1 aromatic rings. The maximum Gasteiger partial charge on any atom is 0.141 e. The second-order valence-corrected chi connectivity index (χ2v) is 3.46. The Morgan fingerprint density at radius 3 is 2.88 bits per heavy atom. The molecule has 0 aliphatic rings. The zero-order valence-electron chi connectivity index (χ0n) is 9.57. The Bertz CT molecular complexity index is 310. The molecule has 1 atom stereocenters. The maximum absolute atomic E-state index is 12.8. The first kappa shape index (κ1) is 13.0. The van der Waals surface area contributed by atoms with Gasteiger partial charge in [-0.05, 0) is 11.6 Å². The number of hydrogen-bond donors (Lipinski definition) is 1. The minimum atomic E-state index is -0.320. The van der Waals surface area contributed by atoms with Crippen LogP contribution in [0.3, 0.4) is 0 Å². The number of pyridine rings is 1. The highest BCUT2D eigenvalue weighted by molar-refractivity contribution is 5.09. The highest BCUT2D eigenvalue weighted by Crippen LogP contribution is 2.00. The minimum Gasteiger partial charge on any atom is -0.382 e. The lowest BCUT2D eigenvalue weighted by Crippen LogP contribution is -2.31. The third-order valence-corrected chi connectivity index (χ3v) is 2.15. The van der Waals surface area contributed by atoms with Crippen LogP contribution in [0.1, 0.15) is 5.56 Å². The summed E-state index contributed by atoms with van der Waals surface area (Å²) in [5.74, 6) is -0.320. The van der Waals surface area contributed by atoms with Crippen LogP contribution < -0.4 is 5.32 Å². The van der Waals surface area contributed by atoms with Gasteiger partial charge in [-0.3, -0.25) is 4.98 Å². The molecule has 0 aromatic carbocycles. The van der Waals surface area contributed by atoms with Gasteiger partial charge in [0.1, 0.15) is 5.82 Å². The number of methoxy groups -OCH3 is 2. The predicted octanol–water partition coefficient (Wildman–Crippen LogP) is 0.972. The Labute approximate surface area is 94.8 Å². The Balaban J connectivity index is 2.29. The first-order valence-corrected chi connectivity index (χ1v) is 5.08. The molecule has 0 bridgehead atoms. The molecule has 0 spiro atoms. The third-order valence-electron chi connectivity index (χ3n) is 2.15. The van der Waals surface area contributed by atoms with E-state index in [1.54, 1.807) is 20.4 Å². The molecular formula is C11H17FN2O2. The summed E-state index contributed by atoms with van der Waals surface area (Å²) in [5.41, 5.74) is 0.812. The van der Waals surface area contributed by atoms with Gasteiger partial charge in [-0.25, -0.2) is 4.39 Å². The molecule has 1 aromatic heterocycles. The number of halogens is 1. The molecule has 0 aliphatic heterocycles. The maximum atomic E-state index is 12.8. The average molecular weight is 228 g/mol. The number of nitrogens with zero attached hydrogens (tertiary/aromatic N) is 1. The molecule has 1 unspecified atom stereocenters. The summed E-state index contributed by atoms with van der Waals surface area (Å²) < 4.78 is 23.0. The lowest BCUT2D eigenvalue weighted by molar-refractivity contribution is 0.0288. The normalized spacial score (nSPS) is 12.7. The van der Waals surface area contributed by atoms with Crippen molar-refractivity contribution in [1.82, 2.24) is 10.3 Å². The first-order chi connectivity index (χ1) is 7.76. The standard InChI is InChI=1S/C11H17FN2O2/c1-15-8-11(16-2)7-14-5-9-3-10(12)6-13-4-9/h3-4,6,11,14H,5,7-8H2,1-2H3. The molecule has 0 fully saturated rings. The van der Waals surface area contributed by atoms with Crippen molar-refractivity contribution in [3.05, 3.63) is 29.8 Å². The first-order valence-electron chi connectivity index (χ1n) is 5.08. The molecule has 5 heteroatoms. The molecule has 0 amide bonds. The number of ether oxygens (including phenoxy) is 2. The second kappa shape index (κ2) is 7.27. The van der Waals surface area contributed by atoms with Gasteiger partial charge >= 0.3 is 0 Å². The minimum absolute atomic E-state index is 0.00604. The van der Waals surface area contributed by atoms with Crippen molar-refractivity contribution in [3.63, 3.8) is 0 Å². The number of aromatic nitrogens is 1. The predicted molar refractivity (Wildman–Crippen MR) is 58.6 cm³/mol. The Morgan fingerprint density at radius 2 is 2.25 bits per heavy atom. The highest BCUT2D eigenvalue weighted by atomic mass is 19.1. The van der Waals surface area contributed by atoms with Gasteiger partial charge in [-0.2, -0.15) is 0 Å². The Morgan fingerprint density at radius 1 is 1.44 bits per heavy atom. The number of hydrogen-bond acceptors (Lipinski definition) is 4. The molecule has 1 rings (SSSR count). The fourth-order valence-corrected chi connectivity index (χ4v) is 1.33. The monoisotopic (exact) mass is 228 g/mol. The highest BCUT2D eigenvalue weighted by Gasteiger charge is 2.05. The summed E-state index contributed by atoms with van der Waals surface area (Å²) in [6.45, 7) is 1.75. The SMILES string of the molecule is COCC(CNCc1cncc(F)c1)OC.